The van der Waals surface area contributed by atoms with Crippen LogP contribution in [0.1, 0.15) is 19.4 Å². The Morgan fingerprint density at radius 2 is 1.86 bits per heavy atom. The lowest BCUT2D eigenvalue weighted by Crippen LogP contribution is -2.35. The van der Waals surface area contributed by atoms with Crippen LogP contribution < -0.4 is 5.32 Å². The maximum Gasteiger partial charge on any atom is 0.234 e. The van der Waals surface area contributed by atoms with Crippen molar-refractivity contribution in [2.24, 2.45) is 5.92 Å². The smallest absolute Gasteiger partial charge is 0.234 e. The van der Waals surface area contributed by atoms with Gasteiger partial charge < -0.3 is 5.32 Å². The van der Waals surface area contributed by atoms with Crippen LogP contribution in [0.4, 0.5) is 0 Å². The number of rotatable bonds is 6. The molecule has 0 radical (unpaired) electrons. The minimum atomic E-state index is -0.136. The van der Waals surface area contributed by atoms with Crippen molar-refractivity contribution in [2.45, 2.75) is 30.7 Å². The number of benzene rings is 1. The summed E-state index contributed by atoms with van der Waals surface area (Å²) in [6.45, 7) is 4.68. The van der Waals surface area contributed by atoms with E-state index in [1.807, 2.05) is 48.5 Å². The van der Waals surface area contributed by atoms with Crippen molar-refractivity contribution in [2.75, 3.05) is 0 Å². The first kappa shape index (κ1) is 15.6. The third kappa shape index (κ3) is 4.90. The number of thioether (sulfide) groups is 1. The van der Waals surface area contributed by atoms with Gasteiger partial charge in [0.1, 0.15) is 0 Å². The zero-order valence-corrected chi connectivity index (χ0v) is 13.1. The lowest BCUT2D eigenvalue weighted by atomic mass is 10.1. The molecule has 1 heterocycles. The van der Waals surface area contributed by atoms with Gasteiger partial charge >= 0.3 is 0 Å². The SMILES string of the molecule is CC(C)C(Sc1ccccn1)C(=O)NCc1ccccc1. The Kier molecular flexibility index (Phi) is 5.81. The molecule has 0 fully saturated rings. The minimum Gasteiger partial charge on any atom is -0.351 e. The Morgan fingerprint density at radius 1 is 1.14 bits per heavy atom. The van der Waals surface area contributed by atoms with Crippen molar-refractivity contribution in [1.82, 2.24) is 10.3 Å². The minimum absolute atomic E-state index is 0.0597. The maximum absolute atomic E-state index is 12.4. The number of aromatic nitrogens is 1. The average Bonchev–Trinajstić information content (AvgIpc) is 2.52. The third-order valence-electron chi connectivity index (χ3n) is 3.06. The molecule has 1 unspecified atom stereocenters. The fraction of sp³-hybridized carbons (Fsp3) is 0.294. The van der Waals surface area contributed by atoms with Crippen molar-refractivity contribution in [3.05, 3.63) is 60.3 Å². The molecule has 0 aliphatic carbocycles. The number of hydrogen-bond donors (Lipinski definition) is 1. The van der Waals surface area contributed by atoms with Gasteiger partial charge in [0.25, 0.3) is 0 Å². The molecule has 1 aromatic heterocycles. The van der Waals surface area contributed by atoms with Crippen LogP contribution >= 0.6 is 11.8 Å². The van der Waals surface area contributed by atoms with Gasteiger partial charge in [-0.2, -0.15) is 0 Å². The Hall–Kier alpha value is -1.81. The van der Waals surface area contributed by atoms with Crippen LogP contribution in [0.25, 0.3) is 0 Å². The zero-order valence-electron chi connectivity index (χ0n) is 12.3. The summed E-state index contributed by atoms with van der Waals surface area (Å²) in [7, 11) is 0. The summed E-state index contributed by atoms with van der Waals surface area (Å²) in [6.07, 6.45) is 1.75. The molecule has 3 nitrogen and oxygen atoms in total. The van der Waals surface area contributed by atoms with E-state index in [4.69, 9.17) is 0 Å². The first-order valence-electron chi connectivity index (χ1n) is 7.06. The Morgan fingerprint density at radius 3 is 2.48 bits per heavy atom. The second-order valence-electron chi connectivity index (χ2n) is 5.15. The van der Waals surface area contributed by atoms with Crippen LogP contribution in [0.5, 0.6) is 0 Å². The van der Waals surface area contributed by atoms with Crippen LogP contribution in [-0.4, -0.2) is 16.1 Å². The van der Waals surface area contributed by atoms with E-state index in [1.54, 1.807) is 6.20 Å². The molecule has 1 N–H and O–H groups in total. The van der Waals surface area contributed by atoms with Crippen molar-refractivity contribution < 1.29 is 4.79 Å². The topological polar surface area (TPSA) is 42.0 Å². The summed E-state index contributed by atoms with van der Waals surface area (Å²) in [4.78, 5) is 16.7. The van der Waals surface area contributed by atoms with Crippen molar-refractivity contribution >= 4 is 17.7 Å². The fourth-order valence-corrected chi connectivity index (χ4v) is 2.93. The van der Waals surface area contributed by atoms with Crippen molar-refractivity contribution in [3.63, 3.8) is 0 Å². The maximum atomic E-state index is 12.4. The van der Waals surface area contributed by atoms with E-state index in [9.17, 15) is 4.79 Å². The Bertz CT molecular complexity index is 558. The lowest BCUT2D eigenvalue weighted by molar-refractivity contribution is -0.121. The highest BCUT2D eigenvalue weighted by atomic mass is 32.2. The first-order valence-corrected chi connectivity index (χ1v) is 7.94. The van der Waals surface area contributed by atoms with Gasteiger partial charge in [0.05, 0.1) is 10.3 Å². The fourth-order valence-electron chi connectivity index (χ4n) is 1.92. The molecule has 0 spiro atoms. The van der Waals surface area contributed by atoms with E-state index in [0.29, 0.717) is 6.54 Å². The number of amides is 1. The molecule has 0 bridgehead atoms. The molecule has 21 heavy (non-hydrogen) atoms. The van der Waals surface area contributed by atoms with Gasteiger partial charge in [0.15, 0.2) is 0 Å². The van der Waals surface area contributed by atoms with E-state index < -0.39 is 0 Å². The summed E-state index contributed by atoms with van der Waals surface area (Å²) >= 11 is 1.52. The average molecular weight is 300 g/mol. The highest BCUT2D eigenvalue weighted by Gasteiger charge is 2.23. The third-order valence-corrected chi connectivity index (χ3v) is 4.55. The summed E-state index contributed by atoms with van der Waals surface area (Å²) in [5.41, 5.74) is 1.11. The molecule has 110 valence electrons. The predicted octanol–water partition coefficient (Wildman–Crippen LogP) is 3.51. The van der Waals surface area contributed by atoms with Crippen LogP contribution in [0.15, 0.2) is 59.8 Å². The quantitative estimate of drug-likeness (QED) is 0.830. The molecule has 0 saturated heterocycles. The summed E-state index contributed by atoms with van der Waals surface area (Å²) in [5.74, 6) is 0.303. The molecular weight excluding hydrogens is 280 g/mol. The first-order chi connectivity index (χ1) is 10.2. The van der Waals surface area contributed by atoms with Gasteiger partial charge in [-0.25, -0.2) is 4.98 Å². The van der Waals surface area contributed by atoms with Crippen LogP contribution in [0, 0.1) is 5.92 Å². The Balaban J connectivity index is 1.96. The molecule has 1 atom stereocenters. The molecule has 2 rings (SSSR count). The number of hydrogen-bond acceptors (Lipinski definition) is 3. The molecule has 0 saturated carbocycles. The summed E-state index contributed by atoms with van der Waals surface area (Å²) in [5, 5.41) is 3.76. The number of pyridine rings is 1. The second-order valence-corrected chi connectivity index (χ2v) is 6.32. The second kappa shape index (κ2) is 7.84. The molecule has 4 heteroatoms. The monoisotopic (exact) mass is 300 g/mol. The molecule has 2 aromatic rings. The summed E-state index contributed by atoms with van der Waals surface area (Å²) < 4.78 is 0. The molecule has 1 amide bonds. The number of carbonyl (C=O) groups is 1. The molecule has 0 aliphatic heterocycles. The standard InChI is InChI=1S/C17H20N2OS/c1-13(2)16(21-15-10-6-7-11-18-15)17(20)19-12-14-8-4-3-5-9-14/h3-11,13,16H,12H2,1-2H3,(H,19,20). The van der Waals surface area contributed by atoms with E-state index in [-0.39, 0.29) is 17.1 Å². The molecule has 1 aromatic carbocycles. The van der Waals surface area contributed by atoms with Gasteiger partial charge in [-0.15, -0.1) is 0 Å². The number of nitrogens with one attached hydrogen (secondary N) is 1. The normalized spacial score (nSPS) is 12.1. The van der Waals surface area contributed by atoms with Crippen molar-refractivity contribution in [1.29, 1.82) is 0 Å². The largest absolute Gasteiger partial charge is 0.351 e. The van der Waals surface area contributed by atoms with E-state index >= 15 is 0 Å². The summed E-state index contributed by atoms with van der Waals surface area (Å²) in [6, 6.07) is 15.7. The van der Waals surface area contributed by atoms with E-state index in [0.717, 1.165) is 10.6 Å². The number of nitrogens with zero attached hydrogens (tertiary/aromatic N) is 1. The Labute approximate surface area is 130 Å². The van der Waals surface area contributed by atoms with Gasteiger partial charge in [0.2, 0.25) is 5.91 Å². The molecule has 0 aliphatic rings. The van der Waals surface area contributed by atoms with Gasteiger partial charge in [0, 0.05) is 12.7 Å². The highest BCUT2D eigenvalue weighted by molar-refractivity contribution is 8.00. The van der Waals surface area contributed by atoms with E-state index in [1.165, 1.54) is 11.8 Å². The zero-order chi connectivity index (χ0) is 15.1. The van der Waals surface area contributed by atoms with Crippen LogP contribution in [-0.2, 0) is 11.3 Å². The van der Waals surface area contributed by atoms with Gasteiger partial charge in [-0.1, -0.05) is 62.0 Å². The van der Waals surface area contributed by atoms with Gasteiger partial charge in [-0.05, 0) is 23.6 Å². The molecular formula is C17H20N2OS. The lowest BCUT2D eigenvalue weighted by Gasteiger charge is -2.19. The van der Waals surface area contributed by atoms with Crippen molar-refractivity contribution in [3.8, 4) is 0 Å². The van der Waals surface area contributed by atoms with E-state index in [2.05, 4.69) is 24.1 Å². The van der Waals surface area contributed by atoms with Crippen LogP contribution in [0.2, 0.25) is 0 Å². The van der Waals surface area contributed by atoms with Gasteiger partial charge in [-0.3, -0.25) is 4.79 Å². The number of carbonyl (C=O) groups excluding carboxylic acids is 1. The van der Waals surface area contributed by atoms with Crippen LogP contribution in [0.3, 0.4) is 0 Å². The predicted molar refractivity (Wildman–Crippen MR) is 87.0 cm³/mol. The highest BCUT2D eigenvalue weighted by Crippen LogP contribution is 2.26.